The number of carboxylic acids is 1. The van der Waals surface area contributed by atoms with Gasteiger partial charge in [0.2, 0.25) is 5.91 Å². The van der Waals surface area contributed by atoms with Crippen molar-refractivity contribution in [1.29, 1.82) is 0 Å². The number of carboxylic acid groups (broad SMARTS) is 1. The molecule has 0 aliphatic heterocycles. The second-order valence-corrected chi connectivity index (χ2v) is 4.89. The first-order valence-corrected chi connectivity index (χ1v) is 6.21. The number of nitrogens with zero attached hydrogens (tertiary/aromatic N) is 2. The molecular formula is C12H16F3N3O3. The van der Waals surface area contributed by atoms with Gasteiger partial charge in [-0.15, -0.1) is 0 Å². The van der Waals surface area contributed by atoms with Gasteiger partial charge in [0.15, 0.2) is 5.69 Å². The lowest BCUT2D eigenvalue weighted by atomic mass is 9.96. The minimum absolute atomic E-state index is 0.0841. The van der Waals surface area contributed by atoms with Crippen molar-refractivity contribution in [1.82, 2.24) is 15.1 Å². The summed E-state index contributed by atoms with van der Waals surface area (Å²) in [5.74, 6) is -2.57. The van der Waals surface area contributed by atoms with E-state index in [1.165, 1.54) is 0 Å². The summed E-state index contributed by atoms with van der Waals surface area (Å²) in [6, 6.07) is 0.765. The molecule has 2 N–H and O–H groups in total. The Morgan fingerprint density at radius 1 is 1.43 bits per heavy atom. The van der Waals surface area contributed by atoms with Crippen molar-refractivity contribution in [3.63, 3.8) is 0 Å². The Hall–Kier alpha value is -2.06. The molecule has 1 unspecified atom stereocenters. The molecule has 9 heteroatoms. The molecule has 0 aliphatic rings. The molecule has 0 saturated heterocycles. The van der Waals surface area contributed by atoms with Crippen LogP contribution in [-0.4, -0.2) is 33.3 Å². The summed E-state index contributed by atoms with van der Waals surface area (Å²) in [6.07, 6.45) is -3.52. The van der Waals surface area contributed by atoms with Gasteiger partial charge in [-0.05, 0) is 12.0 Å². The van der Waals surface area contributed by atoms with Crippen molar-refractivity contribution < 1.29 is 27.9 Å². The summed E-state index contributed by atoms with van der Waals surface area (Å²) < 4.78 is 37.8. The van der Waals surface area contributed by atoms with E-state index in [-0.39, 0.29) is 12.5 Å². The normalized spacial score (nSPS) is 13.2. The highest BCUT2D eigenvalue weighted by atomic mass is 19.4. The number of halogens is 3. The fourth-order valence-electron chi connectivity index (χ4n) is 1.64. The number of aliphatic carboxylic acids is 1. The van der Waals surface area contributed by atoms with Crippen LogP contribution >= 0.6 is 0 Å². The van der Waals surface area contributed by atoms with Crippen LogP contribution in [0.3, 0.4) is 0 Å². The number of carbonyl (C=O) groups is 2. The molecule has 0 bridgehead atoms. The Morgan fingerprint density at radius 2 is 2.05 bits per heavy atom. The number of aromatic nitrogens is 2. The van der Waals surface area contributed by atoms with E-state index in [1.807, 2.05) is 0 Å². The number of amides is 1. The Kier molecular flexibility index (Phi) is 5.34. The first-order chi connectivity index (χ1) is 9.61. The number of carbonyl (C=O) groups excluding carboxylic acids is 1. The number of hydrogen-bond acceptors (Lipinski definition) is 3. The van der Waals surface area contributed by atoms with Gasteiger partial charge in [-0.2, -0.15) is 18.3 Å². The molecule has 0 fully saturated rings. The van der Waals surface area contributed by atoms with Gasteiger partial charge in [-0.1, -0.05) is 13.8 Å². The molecule has 0 aliphatic carbocycles. The van der Waals surface area contributed by atoms with E-state index < -0.39 is 36.2 Å². The van der Waals surface area contributed by atoms with Crippen LogP contribution in [-0.2, 0) is 22.3 Å². The lowest BCUT2D eigenvalue weighted by molar-refractivity contribution is -0.143. The molecule has 0 aromatic carbocycles. The molecular weight excluding hydrogens is 291 g/mol. The van der Waals surface area contributed by atoms with Crippen molar-refractivity contribution in [2.75, 3.05) is 6.54 Å². The molecule has 1 rings (SSSR count). The zero-order valence-electron chi connectivity index (χ0n) is 11.5. The second-order valence-electron chi connectivity index (χ2n) is 4.89. The zero-order valence-corrected chi connectivity index (χ0v) is 11.5. The molecule has 6 nitrogen and oxygen atoms in total. The molecule has 1 amide bonds. The molecule has 1 atom stereocenters. The Labute approximate surface area is 118 Å². The first-order valence-electron chi connectivity index (χ1n) is 6.21. The number of rotatable bonds is 6. The molecule has 0 radical (unpaired) electrons. The van der Waals surface area contributed by atoms with E-state index in [9.17, 15) is 22.8 Å². The maximum absolute atomic E-state index is 12.3. The topological polar surface area (TPSA) is 84.2 Å². The lowest BCUT2D eigenvalue weighted by Crippen LogP contribution is -2.37. The average molecular weight is 307 g/mol. The fourth-order valence-corrected chi connectivity index (χ4v) is 1.64. The summed E-state index contributed by atoms with van der Waals surface area (Å²) in [4.78, 5) is 22.5. The van der Waals surface area contributed by atoms with E-state index in [0.29, 0.717) is 0 Å². The van der Waals surface area contributed by atoms with Crippen LogP contribution in [0.15, 0.2) is 12.3 Å². The van der Waals surface area contributed by atoms with Crippen molar-refractivity contribution in [3.05, 3.63) is 18.0 Å². The molecule has 1 aromatic rings. The number of alkyl halides is 3. The summed E-state index contributed by atoms with van der Waals surface area (Å²) >= 11 is 0. The molecule has 1 heterocycles. The van der Waals surface area contributed by atoms with Gasteiger partial charge < -0.3 is 10.4 Å². The fraction of sp³-hybridized carbons (Fsp3) is 0.583. The number of hydrogen-bond donors (Lipinski definition) is 2. The van der Waals surface area contributed by atoms with Crippen molar-refractivity contribution >= 4 is 11.9 Å². The van der Waals surface area contributed by atoms with Crippen LogP contribution in [0.2, 0.25) is 0 Å². The van der Waals surface area contributed by atoms with E-state index >= 15 is 0 Å². The highest BCUT2D eigenvalue weighted by molar-refractivity contribution is 5.77. The summed E-state index contributed by atoms with van der Waals surface area (Å²) in [7, 11) is 0. The van der Waals surface area contributed by atoms with Crippen LogP contribution < -0.4 is 5.32 Å². The Balaban J connectivity index is 2.54. The van der Waals surface area contributed by atoms with Gasteiger partial charge >= 0.3 is 12.1 Å². The standard InChI is InChI=1S/C12H16F3N3O3/c1-7(2)8(11(20)21)5-16-10(19)6-18-4-3-9(17-18)12(13,14)15/h3-4,7-8H,5-6H2,1-2H3,(H,16,19)(H,20,21). The smallest absolute Gasteiger partial charge is 0.435 e. The minimum Gasteiger partial charge on any atom is -0.481 e. The van der Waals surface area contributed by atoms with Gasteiger partial charge in [0.25, 0.3) is 0 Å². The van der Waals surface area contributed by atoms with Crippen molar-refractivity contribution in [2.24, 2.45) is 11.8 Å². The van der Waals surface area contributed by atoms with Crippen molar-refractivity contribution in [2.45, 2.75) is 26.6 Å². The molecule has 0 spiro atoms. The second kappa shape index (κ2) is 6.59. The molecule has 118 valence electrons. The summed E-state index contributed by atoms with van der Waals surface area (Å²) in [5.41, 5.74) is -1.08. The van der Waals surface area contributed by atoms with Gasteiger partial charge in [-0.3, -0.25) is 14.3 Å². The molecule has 0 saturated carbocycles. The average Bonchev–Trinajstić information content (AvgIpc) is 2.76. The zero-order chi connectivity index (χ0) is 16.2. The third kappa shape index (κ3) is 5.09. The first kappa shape index (κ1) is 17.0. The molecule has 1 aromatic heterocycles. The SMILES string of the molecule is CC(C)C(CNC(=O)Cn1ccc(C(F)(F)F)n1)C(=O)O. The highest BCUT2D eigenvalue weighted by Crippen LogP contribution is 2.27. The Bertz CT molecular complexity index is 511. The highest BCUT2D eigenvalue weighted by Gasteiger charge is 2.33. The third-order valence-corrected chi connectivity index (χ3v) is 2.88. The largest absolute Gasteiger partial charge is 0.481 e. The predicted octanol–water partition coefficient (Wildman–Crippen LogP) is 1.37. The lowest BCUT2D eigenvalue weighted by Gasteiger charge is -2.16. The predicted molar refractivity (Wildman–Crippen MR) is 66.2 cm³/mol. The van der Waals surface area contributed by atoms with E-state index in [4.69, 9.17) is 5.11 Å². The summed E-state index contributed by atoms with van der Waals surface area (Å²) in [5, 5.41) is 14.6. The maximum Gasteiger partial charge on any atom is 0.435 e. The van der Waals surface area contributed by atoms with Gasteiger partial charge in [0.05, 0.1) is 5.92 Å². The van der Waals surface area contributed by atoms with Crippen molar-refractivity contribution in [3.8, 4) is 0 Å². The van der Waals surface area contributed by atoms with Gasteiger partial charge in [0, 0.05) is 12.7 Å². The quantitative estimate of drug-likeness (QED) is 0.831. The monoisotopic (exact) mass is 307 g/mol. The van der Waals surface area contributed by atoms with Crippen LogP contribution in [0.4, 0.5) is 13.2 Å². The van der Waals surface area contributed by atoms with Crippen LogP contribution in [0, 0.1) is 11.8 Å². The Morgan fingerprint density at radius 3 is 2.48 bits per heavy atom. The van der Waals surface area contributed by atoms with Gasteiger partial charge in [-0.25, -0.2) is 0 Å². The van der Waals surface area contributed by atoms with Crippen LogP contribution in [0.25, 0.3) is 0 Å². The van der Waals surface area contributed by atoms with E-state index in [0.717, 1.165) is 16.9 Å². The van der Waals surface area contributed by atoms with E-state index in [2.05, 4.69) is 10.4 Å². The maximum atomic E-state index is 12.3. The molecule has 21 heavy (non-hydrogen) atoms. The number of nitrogens with one attached hydrogen (secondary N) is 1. The van der Waals surface area contributed by atoms with Gasteiger partial charge in [0.1, 0.15) is 6.54 Å². The van der Waals surface area contributed by atoms with Crippen LogP contribution in [0.5, 0.6) is 0 Å². The van der Waals surface area contributed by atoms with Crippen LogP contribution in [0.1, 0.15) is 19.5 Å². The summed E-state index contributed by atoms with van der Waals surface area (Å²) in [6.45, 7) is 2.92. The third-order valence-electron chi connectivity index (χ3n) is 2.88. The minimum atomic E-state index is -4.56. The van der Waals surface area contributed by atoms with E-state index in [1.54, 1.807) is 13.8 Å².